The molecule has 4 saturated carbocycles. The molecule has 2 unspecified atom stereocenters. The topological polar surface area (TPSA) is 68.4 Å². The van der Waals surface area contributed by atoms with Gasteiger partial charge in [-0.2, -0.15) is 10.3 Å². The van der Waals surface area contributed by atoms with E-state index < -0.39 is 5.60 Å². The van der Waals surface area contributed by atoms with Gasteiger partial charge in [0.1, 0.15) is 5.84 Å². The summed E-state index contributed by atoms with van der Waals surface area (Å²) in [6.07, 6.45) is 7.16. The van der Waals surface area contributed by atoms with Gasteiger partial charge in [-0.3, -0.25) is 0 Å². The second-order valence-electron chi connectivity index (χ2n) is 8.92. The minimum atomic E-state index is -0.434. The minimum Gasteiger partial charge on any atom is -0.390 e. The SMILES string of the molecule is CC(C)(/C(=N\C#N)NC1C2CC3CC1CC(O)(C3)C2)c1ccccc1. The van der Waals surface area contributed by atoms with E-state index in [-0.39, 0.29) is 5.41 Å². The molecule has 5 rings (SSSR count). The van der Waals surface area contributed by atoms with E-state index in [1.807, 2.05) is 24.4 Å². The van der Waals surface area contributed by atoms with Gasteiger partial charge in [0.05, 0.1) is 5.60 Å². The molecule has 0 aromatic heterocycles. The molecular weight excluding hydrogens is 310 g/mol. The number of nitrogens with zero attached hydrogens (tertiary/aromatic N) is 2. The predicted octanol–water partition coefficient (Wildman–Crippen LogP) is 3.37. The first-order valence-corrected chi connectivity index (χ1v) is 9.43. The third-order valence-corrected chi connectivity index (χ3v) is 6.79. The standard InChI is InChI=1S/C21H27N3O/c1-20(2,17-6-4-3-5-7-17)19(23-13-22)24-18-15-8-14-9-16(18)12-21(25,10-14)11-15/h3-7,14-16,18,25H,8-12H2,1-2H3,(H,23,24). The first kappa shape index (κ1) is 16.6. The van der Waals surface area contributed by atoms with Crippen molar-refractivity contribution in [3.8, 4) is 6.19 Å². The Morgan fingerprint density at radius 3 is 2.40 bits per heavy atom. The van der Waals surface area contributed by atoms with Crippen molar-refractivity contribution < 1.29 is 5.11 Å². The number of rotatable bonds is 3. The minimum absolute atomic E-state index is 0.326. The molecule has 1 aromatic carbocycles. The van der Waals surface area contributed by atoms with Crippen molar-refractivity contribution >= 4 is 5.84 Å². The third kappa shape index (κ3) is 2.85. The summed E-state index contributed by atoms with van der Waals surface area (Å²) in [5, 5.41) is 23.7. The van der Waals surface area contributed by atoms with E-state index >= 15 is 0 Å². The summed E-state index contributed by atoms with van der Waals surface area (Å²) >= 11 is 0. The summed E-state index contributed by atoms with van der Waals surface area (Å²) in [6.45, 7) is 4.24. The van der Waals surface area contributed by atoms with Gasteiger partial charge in [0, 0.05) is 11.5 Å². The van der Waals surface area contributed by atoms with Crippen LogP contribution in [0, 0.1) is 29.2 Å². The second-order valence-corrected chi connectivity index (χ2v) is 8.92. The molecule has 0 amide bonds. The number of aliphatic imine (C=N–C) groups is 1. The summed E-state index contributed by atoms with van der Waals surface area (Å²) in [5.74, 6) is 2.42. The molecule has 4 nitrogen and oxygen atoms in total. The van der Waals surface area contributed by atoms with Crippen LogP contribution in [0.3, 0.4) is 0 Å². The van der Waals surface area contributed by atoms with E-state index in [1.165, 1.54) is 12.8 Å². The van der Waals surface area contributed by atoms with Gasteiger partial charge in [0.15, 0.2) is 0 Å². The molecule has 2 atom stereocenters. The lowest BCUT2D eigenvalue weighted by molar-refractivity contribution is -0.136. The van der Waals surface area contributed by atoms with Crippen molar-refractivity contribution in [2.24, 2.45) is 22.7 Å². The number of benzene rings is 1. The van der Waals surface area contributed by atoms with E-state index in [0.29, 0.717) is 23.8 Å². The summed E-state index contributed by atoms with van der Waals surface area (Å²) in [5.41, 5.74) is 0.373. The number of nitriles is 1. The molecule has 132 valence electrons. The number of hydrogen-bond donors (Lipinski definition) is 2. The zero-order valence-electron chi connectivity index (χ0n) is 15.1. The largest absolute Gasteiger partial charge is 0.390 e. The van der Waals surface area contributed by atoms with Crippen molar-refractivity contribution in [2.45, 2.75) is 63.0 Å². The Labute approximate surface area is 150 Å². The lowest BCUT2D eigenvalue weighted by Crippen LogP contribution is -2.63. The van der Waals surface area contributed by atoms with Crippen LogP contribution >= 0.6 is 0 Å². The average molecular weight is 337 g/mol. The third-order valence-electron chi connectivity index (χ3n) is 6.79. The fourth-order valence-electron chi connectivity index (χ4n) is 5.77. The molecule has 2 N–H and O–H groups in total. The van der Waals surface area contributed by atoms with E-state index in [0.717, 1.165) is 30.7 Å². The summed E-state index contributed by atoms with van der Waals surface area (Å²) in [4.78, 5) is 4.19. The first-order chi connectivity index (χ1) is 11.9. The molecule has 0 radical (unpaired) electrons. The molecule has 0 heterocycles. The van der Waals surface area contributed by atoms with Crippen LogP contribution in [-0.2, 0) is 5.41 Å². The predicted molar refractivity (Wildman–Crippen MR) is 97.9 cm³/mol. The Morgan fingerprint density at radius 2 is 1.84 bits per heavy atom. The maximum absolute atomic E-state index is 10.8. The summed E-state index contributed by atoms with van der Waals surface area (Å²) in [7, 11) is 0. The van der Waals surface area contributed by atoms with Crippen molar-refractivity contribution in [2.75, 3.05) is 0 Å². The van der Waals surface area contributed by atoms with E-state index in [4.69, 9.17) is 0 Å². The fourth-order valence-corrected chi connectivity index (χ4v) is 5.77. The number of aliphatic hydroxyl groups is 1. The van der Waals surface area contributed by atoms with Crippen LogP contribution in [0.5, 0.6) is 0 Å². The van der Waals surface area contributed by atoms with Crippen LogP contribution < -0.4 is 5.32 Å². The van der Waals surface area contributed by atoms with Gasteiger partial charge in [0.25, 0.3) is 0 Å². The smallest absolute Gasteiger partial charge is 0.207 e. The maximum atomic E-state index is 10.8. The normalized spacial score (nSPS) is 37.0. The molecule has 4 fully saturated rings. The van der Waals surface area contributed by atoms with Gasteiger partial charge >= 0.3 is 0 Å². The highest BCUT2D eigenvalue weighted by molar-refractivity contribution is 5.93. The Hall–Kier alpha value is -1.86. The van der Waals surface area contributed by atoms with Gasteiger partial charge in [-0.05, 0) is 69.3 Å². The zero-order chi connectivity index (χ0) is 17.7. The fraction of sp³-hybridized carbons (Fsp3) is 0.619. The van der Waals surface area contributed by atoms with Gasteiger partial charge in [-0.1, -0.05) is 30.3 Å². The van der Waals surface area contributed by atoms with Crippen molar-refractivity contribution in [1.82, 2.24) is 5.32 Å². The van der Waals surface area contributed by atoms with Gasteiger partial charge in [-0.25, -0.2) is 0 Å². The van der Waals surface area contributed by atoms with Crippen molar-refractivity contribution in [1.29, 1.82) is 5.26 Å². The van der Waals surface area contributed by atoms with Crippen molar-refractivity contribution in [3.63, 3.8) is 0 Å². The molecule has 4 bridgehead atoms. The molecule has 0 spiro atoms. The number of hydrogen-bond acceptors (Lipinski definition) is 3. The van der Waals surface area contributed by atoms with Crippen LogP contribution in [0.2, 0.25) is 0 Å². The van der Waals surface area contributed by atoms with E-state index in [9.17, 15) is 10.4 Å². The molecule has 1 aromatic rings. The molecule has 25 heavy (non-hydrogen) atoms. The molecule has 4 aliphatic carbocycles. The zero-order valence-corrected chi connectivity index (χ0v) is 15.1. The second kappa shape index (κ2) is 5.85. The molecule has 0 saturated heterocycles. The summed E-state index contributed by atoms with van der Waals surface area (Å²) < 4.78 is 0. The molecular formula is C21H27N3O. The molecule has 4 heteroatoms. The monoisotopic (exact) mass is 337 g/mol. The Balaban J connectivity index is 1.60. The highest BCUT2D eigenvalue weighted by Gasteiger charge is 2.55. The first-order valence-electron chi connectivity index (χ1n) is 9.43. The average Bonchev–Trinajstić information content (AvgIpc) is 2.56. The molecule has 0 aliphatic heterocycles. The lowest BCUT2D eigenvalue weighted by atomic mass is 9.52. The number of nitrogens with one attached hydrogen (secondary N) is 1. The van der Waals surface area contributed by atoms with Crippen LogP contribution in [0.25, 0.3) is 0 Å². The Kier molecular flexibility index (Phi) is 3.88. The van der Waals surface area contributed by atoms with Gasteiger partial charge in [-0.15, -0.1) is 0 Å². The Morgan fingerprint density at radius 1 is 1.20 bits per heavy atom. The summed E-state index contributed by atoms with van der Waals surface area (Å²) in [6, 6.07) is 10.6. The van der Waals surface area contributed by atoms with Gasteiger partial charge in [0.2, 0.25) is 6.19 Å². The van der Waals surface area contributed by atoms with E-state index in [2.05, 4.69) is 36.3 Å². The van der Waals surface area contributed by atoms with E-state index in [1.54, 1.807) is 0 Å². The van der Waals surface area contributed by atoms with Gasteiger partial charge < -0.3 is 10.4 Å². The molecule has 4 aliphatic rings. The van der Waals surface area contributed by atoms with Crippen LogP contribution in [-0.4, -0.2) is 22.6 Å². The number of amidine groups is 1. The van der Waals surface area contributed by atoms with Crippen LogP contribution in [0.15, 0.2) is 35.3 Å². The highest BCUT2D eigenvalue weighted by atomic mass is 16.3. The quantitative estimate of drug-likeness (QED) is 0.505. The lowest BCUT2D eigenvalue weighted by Gasteiger charge is -2.58. The van der Waals surface area contributed by atoms with Crippen molar-refractivity contribution in [3.05, 3.63) is 35.9 Å². The van der Waals surface area contributed by atoms with Crippen LogP contribution in [0.4, 0.5) is 0 Å². The maximum Gasteiger partial charge on any atom is 0.207 e. The highest BCUT2D eigenvalue weighted by Crippen LogP contribution is 2.55. The van der Waals surface area contributed by atoms with Crippen LogP contribution in [0.1, 0.15) is 51.5 Å². The Bertz CT molecular complexity index is 702.